The highest BCUT2D eigenvalue weighted by molar-refractivity contribution is 8.16. The second-order valence-corrected chi connectivity index (χ2v) is 10.3. The molecule has 0 spiro atoms. The molecule has 0 radical (unpaired) electrons. The summed E-state index contributed by atoms with van der Waals surface area (Å²) in [6.45, 7) is -0.196. The maximum Gasteiger partial charge on any atom is 0.285 e. The molecular weight excluding hydrogens is 420 g/mol. The molecule has 2 aromatic carbocycles. The number of halogens is 1. The molecule has 6 nitrogen and oxygen atoms in total. The summed E-state index contributed by atoms with van der Waals surface area (Å²) < 4.78 is 29.7. The van der Waals surface area contributed by atoms with Crippen LogP contribution in [-0.4, -0.2) is 48.9 Å². The maximum absolute atomic E-state index is 12.4. The number of amidine groups is 1. The summed E-state index contributed by atoms with van der Waals surface area (Å²) in [5.74, 6) is 0.230. The molecule has 146 valence electrons. The van der Waals surface area contributed by atoms with Crippen molar-refractivity contribution < 1.29 is 17.9 Å². The van der Waals surface area contributed by atoms with Crippen LogP contribution in [0.25, 0.3) is 0 Å². The van der Waals surface area contributed by atoms with Gasteiger partial charge in [0.05, 0.1) is 28.3 Å². The predicted molar refractivity (Wildman–Crippen MR) is 112 cm³/mol. The van der Waals surface area contributed by atoms with E-state index in [0.717, 1.165) is 0 Å². The third-order valence-electron chi connectivity index (χ3n) is 4.50. The van der Waals surface area contributed by atoms with Gasteiger partial charge in [0.15, 0.2) is 21.6 Å². The number of thioether (sulfide) groups is 1. The third kappa shape index (κ3) is 4.04. The molecule has 0 unspecified atom stereocenters. The number of nitrogens with zero attached hydrogens (tertiary/aromatic N) is 2. The number of carbonyl (C=O) groups is 1. The number of hydrogen-bond acceptors (Lipinski definition) is 5. The summed E-state index contributed by atoms with van der Waals surface area (Å²) in [5, 5.41) is 0.760. The Kier molecular flexibility index (Phi) is 5.35. The second kappa shape index (κ2) is 7.77. The number of fused-ring (bicyclic) bond motifs is 1. The van der Waals surface area contributed by atoms with E-state index in [1.807, 2.05) is 24.3 Å². The highest BCUT2D eigenvalue weighted by atomic mass is 35.5. The van der Waals surface area contributed by atoms with E-state index in [-0.39, 0.29) is 29.4 Å². The van der Waals surface area contributed by atoms with Gasteiger partial charge in [-0.3, -0.25) is 4.79 Å². The minimum atomic E-state index is -3.13. The SMILES string of the molecule is O=C(COc1ccccc1)N=C1S[C@@H]2CS(=O)(=O)C[C@@H]2N1c1ccccc1Cl. The van der Waals surface area contributed by atoms with E-state index in [9.17, 15) is 13.2 Å². The number of benzene rings is 2. The molecule has 28 heavy (non-hydrogen) atoms. The second-order valence-electron chi connectivity index (χ2n) is 6.51. The van der Waals surface area contributed by atoms with Gasteiger partial charge in [-0.2, -0.15) is 4.99 Å². The zero-order valence-electron chi connectivity index (χ0n) is 14.7. The number of carbonyl (C=O) groups excluding carboxylic acids is 1. The molecule has 2 saturated heterocycles. The van der Waals surface area contributed by atoms with Gasteiger partial charge in [-0.25, -0.2) is 8.42 Å². The van der Waals surface area contributed by atoms with E-state index in [1.165, 1.54) is 11.8 Å². The fourth-order valence-corrected chi connectivity index (χ4v) is 7.44. The van der Waals surface area contributed by atoms with Crippen LogP contribution in [0.3, 0.4) is 0 Å². The number of ether oxygens (including phenoxy) is 1. The van der Waals surface area contributed by atoms with Crippen molar-refractivity contribution in [2.24, 2.45) is 4.99 Å². The largest absolute Gasteiger partial charge is 0.484 e. The molecule has 2 fully saturated rings. The van der Waals surface area contributed by atoms with Gasteiger partial charge in [-0.15, -0.1) is 0 Å². The molecule has 2 aliphatic rings. The lowest BCUT2D eigenvalue weighted by atomic mass is 10.2. The summed E-state index contributed by atoms with van der Waals surface area (Å²) in [4.78, 5) is 18.4. The van der Waals surface area contributed by atoms with Gasteiger partial charge in [0, 0.05) is 5.25 Å². The maximum atomic E-state index is 12.4. The summed E-state index contributed by atoms with van der Waals surface area (Å²) in [5.41, 5.74) is 0.650. The lowest BCUT2D eigenvalue weighted by Crippen LogP contribution is -2.38. The number of anilines is 1. The van der Waals surface area contributed by atoms with Crippen LogP contribution in [0.4, 0.5) is 5.69 Å². The zero-order valence-corrected chi connectivity index (χ0v) is 17.1. The fraction of sp³-hybridized carbons (Fsp3) is 0.263. The van der Waals surface area contributed by atoms with E-state index in [2.05, 4.69) is 4.99 Å². The number of hydrogen-bond donors (Lipinski definition) is 0. The normalized spacial score (nSPS) is 24.3. The monoisotopic (exact) mass is 436 g/mol. The van der Waals surface area contributed by atoms with Crippen LogP contribution in [0.15, 0.2) is 59.6 Å². The molecule has 0 N–H and O–H groups in total. The minimum Gasteiger partial charge on any atom is -0.484 e. The van der Waals surface area contributed by atoms with Gasteiger partial charge in [-0.1, -0.05) is 53.7 Å². The first-order chi connectivity index (χ1) is 13.4. The van der Waals surface area contributed by atoms with Crippen molar-refractivity contribution >= 4 is 50.0 Å². The molecule has 0 bridgehead atoms. The quantitative estimate of drug-likeness (QED) is 0.733. The summed E-state index contributed by atoms with van der Waals surface area (Å²) in [6.07, 6.45) is 0. The van der Waals surface area contributed by atoms with E-state index in [1.54, 1.807) is 35.2 Å². The molecule has 0 aliphatic carbocycles. The van der Waals surface area contributed by atoms with Gasteiger partial charge in [0.2, 0.25) is 0 Å². The lowest BCUT2D eigenvalue weighted by Gasteiger charge is -2.25. The van der Waals surface area contributed by atoms with Gasteiger partial charge in [0.25, 0.3) is 5.91 Å². The highest BCUT2D eigenvalue weighted by Gasteiger charge is 2.49. The molecular formula is C19H17ClN2O4S2. The Morgan fingerprint density at radius 2 is 1.86 bits per heavy atom. The first-order valence-corrected chi connectivity index (χ1v) is 11.7. The van der Waals surface area contributed by atoms with Crippen LogP contribution in [0.1, 0.15) is 0 Å². The van der Waals surface area contributed by atoms with Gasteiger partial charge in [-0.05, 0) is 24.3 Å². The number of sulfone groups is 1. The Bertz CT molecular complexity index is 1030. The molecule has 4 rings (SSSR count). The van der Waals surface area contributed by atoms with E-state index >= 15 is 0 Å². The Morgan fingerprint density at radius 1 is 1.14 bits per heavy atom. The zero-order chi connectivity index (χ0) is 19.7. The Balaban J connectivity index is 1.59. The van der Waals surface area contributed by atoms with Crippen LogP contribution in [0.5, 0.6) is 5.75 Å². The van der Waals surface area contributed by atoms with Crippen LogP contribution in [0, 0.1) is 0 Å². The molecule has 9 heteroatoms. The van der Waals surface area contributed by atoms with Crippen molar-refractivity contribution in [2.75, 3.05) is 23.0 Å². The van der Waals surface area contributed by atoms with Crippen molar-refractivity contribution in [1.29, 1.82) is 0 Å². The standard InChI is InChI=1S/C19H17ClN2O4S2/c20-14-8-4-5-9-15(14)22-16-11-28(24,25)12-17(16)27-19(22)21-18(23)10-26-13-6-2-1-3-7-13/h1-9,16-17H,10-12H2/t16-,17+/m0/s1. The fourth-order valence-electron chi connectivity index (χ4n) is 3.29. The number of aliphatic imine (C=N–C) groups is 1. The van der Waals surface area contributed by atoms with Crippen molar-refractivity contribution in [2.45, 2.75) is 11.3 Å². The molecule has 1 amide bonds. The summed E-state index contributed by atoms with van der Waals surface area (Å²) in [7, 11) is -3.13. The molecule has 2 aliphatic heterocycles. The Hall–Kier alpha value is -2.03. The van der Waals surface area contributed by atoms with Crippen molar-refractivity contribution in [3.63, 3.8) is 0 Å². The number of para-hydroxylation sites is 2. The van der Waals surface area contributed by atoms with Crippen molar-refractivity contribution in [3.05, 3.63) is 59.6 Å². The molecule has 0 aromatic heterocycles. The van der Waals surface area contributed by atoms with Crippen LogP contribution < -0.4 is 9.64 Å². The molecule has 2 atom stereocenters. The Labute approximate surface area is 172 Å². The van der Waals surface area contributed by atoms with Crippen molar-refractivity contribution in [3.8, 4) is 5.75 Å². The van der Waals surface area contributed by atoms with Gasteiger partial charge < -0.3 is 9.64 Å². The first kappa shape index (κ1) is 19.3. The van der Waals surface area contributed by atoms with Gasteiger partial charge >= 0.3 is 0 Å². The molecule has 0 saturated carbocycles. The van der Waals surface area contributed by atoms with Crippen LogP contribution in [0.2, 0.25) is 5.02 Å². The third-order valence-corrected chi connectivity index (χ3v) is 8.03. The predicted octanol–water partition coefficient (Wildman–Crippen LogP) is 3.02. The minimum absolute atomic E-state index is 0.0175. The average Bonchev–Trinajstić information content (AvgIpc) is 3.12. The number of amides is 1. The summed E-state index contributed by atoms with van der Waals surface area (Å²) in [6, 6.07) is 15.9. The molecule has 2 aromatic rings. The van der Waals surface area contributed by atoms with Crippen LogP contribution in [-0.2, 0) is 14.6 Å². The van der Waals surface area contributed by atoms with E-state index < -0.39 is 15.7 Å². The summed E-state index contributed by atoms with van der Waals surface area (Å²) >= 11 is 7.65. The number of rotatable bonds is 4. The first-order valence-electron chi connectivity index (χ1n) is 8.63. The topological polar surface area (TPSA) is 76.0 Å². The van der Waals surface area contributed by atoms with Crippen molar-refractivity contribution in [1.82, 2.24) is 0 Å². The average molecular weight is 437 g/mol. The lowest BCUT2D eigenvalue weighted by molar-refractivity contribution is -0.119. The molecule has 2 heterocycles. The van der Waals surface area contributed by atoms with Crippen LogP contribution >= 0.6 is 23.4 Å². The smallest absolute Gasteiger partial charge is 0.285 e. The van der Waals surface area contributed by atoms with E-state index in [0.29, 0.717) is 21.6 Å². The van der Waals surface area contributed by atoms with Gasteiger partial charge in [0.1, 0.15) is 5.75 Å². The Morgan fingerprint density at radius 3 is 2.61 bits per heavy atom. The highest BCUT2D eigenvalue weighted by Crippen LogP contribution is 2.42. The van der Waals surface area contributed by atoms with E-state index in [4.69, 9.17) is 16.3 Å².